The molecular weight excluding hydrogens is 268 g/mol. The molecule has 0 N–H and O–H groups in total. The van der Waals surface area contributed by atoms with Gasteiger partial charge in [0.25, 0.3) is 0 Å². The first-order chi connectivity index (χ1) is 10.9. The maximum Gasteiger partial charge on any atom is 0.0978 e. The molecule has 2 nitrogen and oxygen atoms in total. The average molecular weight is 282 g/mol. The summed E-state index contributed by atoms with van der Waals surface area (Å²) < 4.78 is 0. The largest absolute Gasteiger partial charge is 0.254 e. The zero-order chi connectivity index (χ0) is 14.5. The van der Waals surface area contributed by atoms with Crippen molar-refractivity contribution in [1.82, 2.24) is 9.97 Å². The number of hydrogen-bond donors (Lipinski definition) is 0. The molecule has 1 aliphatic carbocycles. The number of para-hydroxylation sites is 1. The summed E-state index contributed by atoms with van der Waals surface area (Å²) in [6, 6.07) is 14.7. The van der Waals surface area contributed by atoms with Crippen LogP contribution in [0.25, 0.3) is 44.9 Å². The first-order valence-electron chi connectivity index (χ1n) is 7.68. The third-order valence-electron chi connectivity index (χ3n) is 4.49. The van der Waals surface area contributed by atoms with E-state index in [1.807, 2.05) is 18.3 Å². The normalized spacial score (nSPS) is 13.8. The van der Waals surface area contributed by atoms with E-state index >= 15 is 0 Å². The molecule has 5 rings (SSSR count). The van der Waals surface area contributed by atoms with Crippen molar-refractivity contribution < 1.29 is 0 Å². The molecule has 4 aromatic rings. The van der Waals surface area contributed by atoms with E-state index < -0.39 is 0 Å². The van der Waals surface area contributed by atoms with Gasteiger partial charge in [-0.25, -0.2) is 4.98 Å². The molecule has 2 aromatic heterocycles. The molecule has 0 aliphatic heterocycles. The highest BCUT2D eigenvalue weighted by Crippen LogP contribution is 2.22. The maximum atomic E-state index is 4.92. The predicted molar refractivity (Wildman–Crippen MR) is 92.0 cm³/mol. The van der Waals surface area contributed by atoms with Crippen LogP contribution in [0.15, 0.2) is 48.7 Å². The van der Waals surface area contributed by atoms with Gasteiger partial charge in [0.05, 0.1) is 16.6 Å². The molecule has 0 radical (unpaired) electrons. The van der Waals surface area contributed by atoms with E-state index in [1.165, 1.54) is 26.6 Å². The van der Waals surface area contributed by atoms with Crippen molar-refractivity contribution in [3.8, 4) is 0 Å². The van der Waals surface area contributed by atoms with Crippen molar-refractivity contribution in [2.75, 3.05) is 0 Å². The minimum Gasteiger partial charge on any atom is -0.254 e. The van der Waals surface area contributed by atoms with Gasteiger partial charge in [-0.3, -0.25) is 4.98 Å². The second-order valence-electron chi connectivity index (χ2n) is 5.79. The first-order valence-corrected chi connectivity index (χ1v) is 7.68. The number of pyridine rings is 2. The smallest absolute Gasteiger partial charge is 0.0978 e. The van der Waals surface area contributed by atoms with Crippen molar-refractivity contribution in [2.24, 2.45) is 0 Å². The third-order valence-corrected chi connectivity index (χ3v) is 4.49. The van der Waals surface area contributed by atoms with Gasteiger partial charge >= 0.3 is 0 Å². The Balaban J connectivity index is 2.17. The summed E-state index contributed by atoms with van der Waals surface area (Å²) >= 11 is 0. The fourth-order valence-electron chi connectivity index (χ4n) is 3.50. The highest BCUT2D eigenvalue weighted by Gasteiger charge is 2.10. The lowest BCUT2D eigenvalue weighted by Gasteiger charge is -2.10. The Hall–Kier alpha value is -2.74. The Morgan fingerprint density at radius 3 is 2.50 bits per heavy atom. The number of benzene rings is 2. The van der Waals surface area contributed by atoms with Crippen LogP contribution in [0.1, 0.15) is 12.8 Å². The van der Waals surface area contributed by atoms with E-state index in [4.69, 9.17) is 4.98 Å². The van der Waals surface area contributed by atoms with Crippen LogP contribution in [0.3, 0.4) is 0 Å². The van der Waals surface area contributed by atoms with Gasteiger partial charge in [0.15, 0.2) is 0 Å². The SMILES string of the molecule is C1=c2c(c3cc4ccccc4nc3c3ncccc23)=CCC1. The lowest BCUT2D eigenvalue weighted by atomic mass is 9.98. The van der Waals surface area contributed by atoms with E-state index in [0.29, 0.717) is 0 Å². The van der Waals surface area contributed by atoms with Gasteiger partial charge in [0.1, 0.15) is 0 Å². The Morgan fingerprint density at radius 1 is 0.773 bits per heavy atom. The Bertz CT molecular complexity index is 1170. The van der Waals surface area contributed by atoms with Gasteiger partial charge in [0.2, 0.25) is 0 Å². The second kappa shape index (κ2) is 4.38. The van der Waals surface area contributed by atoms with Crippen LogP contribution in [0.4, 0.5) is 0 Å². The number of fused-ring (bicyclic) bond motifs is 7. The summed E-state index contributed by atoms with van der Waals surface area (Å²) in [5.41, 5.74) is 3.05. The maximum absolute atomic E-state index is 4.92. The molecule has 104 valence electrons. The Morgan fingerprint density at radius 2 is 1.59 bits per heavy atom. The van der Waals surface area contributed by atoms with Crippen LogP contribution in [-0.4, -0.2) is 9.97 Å². The van der Waals surface area contributed by atoms with Crippen LogP contribution < -0.4 is 10.4 Å². The van der Waals surface area contributed by atoms with Crippen molar-refractivity contribution >= 4 is 44.9 Å². The third kappa shape index (κ3) is 1.55. The van der Waals surface area contributed by atoms with Gasteiger partial charge in [-0.15, -0.1) is 0 Å². The van der Waals surface area contributed by atoms with Crippen molar-refractivity contribution in [2.45, 2.75) is 12.8 Å². The first kappa shape index (κ1) is 11.9. The molecule has 0 saturated heterocycles. The highest BCUT2D eigenvalue weighted by atomic mass is 14.7. The molecule has 0 spiro atoms. The zero-order valence-corrected chi connectivity index (χ0v) is 12.1. The molecule has 0 saturated carbocycles. The minimum absolute atomic E-state index is 1.01. The van der Waals surface area contributed by atoms with Crippen LogP contribution in [-0.2, 0) is 0 Å². The average Bonchev–Trinajstić information content (AvgIpc) is 2.61. The van der Waals surface area contributed by atoms with Gasteiger partial charge in [-0.05, 0) is 41.5 Å². The number of nitrogens with zero attached hydrogens (tertiary/aromatic N) is 2. The van der Waals surface area contributed by atoms with Crippen molar-refractivity contribution in [3.63, 3.8) is 0 Å². The molecule has 0 fully saturated rings. The topological polar surface area (TPSA) is 25.8 Å². The molecule has 0 bridgehead atoms. The fraction of sp³-hybridized carbons (Fsp3) is 0.100. The fourth-order valence-corrected chi connectivity index (χ4v) is 3.50. The van der Waals surface area contributed by atoms with Crippen LogP contribution in [0.2, 0.25) is 0 Å². The summed E-state index contributed by atoms with van der Waals surface area (Å²) in [5.74, 6) is 0. The monoisotopic (exact) mass is 282 g/mol. The summed E-state index contributed by atoms with van der Waals surface area (Å²) in [5, 5.41) is 6.25. The number of rotatable bonds is 0. The van der Waals surface area contributed by atoms with Gasteiger partial charge in [0, 0.05) is 22.4 Å². The van der Waals surface area contributed by atoms with Crippen LogP contribution in [0.5, 0.6) is 0 Å². The van der Waals surface area contributed by atoms with E-state index in [0.717, 1.165) is 29.4 Å². The number of aromatic nitrogens is 2. The Kier molecular flexibility index (Phi) is 2.36. The molecule has 0 unspecified atom stereocenters. The van der Waals surface area contributed by atoms with Gasteiger partial charge in [-0.1, -0.05) is 36.4 Å². The summed E-state index contributed by atoms with van der Waals surface area (Å²) in [6.07, 6.45) is 8.75. The summed E-state index contributed by atoms with van der Waals surface area (Å²) in [6.45, 7) is 0. The van der Waals surface area contributed by atoms with E-state index in [-0.39, 0.29) is 0 Å². The molecule has 2 aromatic carbocycles. The second-order valence-corrected chi connectivity index (χ2v) is 5.79. The predicted octanol–water partition coefficient (Wildman–Crippen LogP) is 3.29. The van der Waals surface area contributed by atoms with E-state index in [9.17, 15) is 0 Å². The molecule has 1 aliphatic rings. The zero-order valence-electron chi connectivity index (χ0n) is 12.1. The lowest BCUT2D eigenvalue weighted by molar-refractivity contribution is 1.12. The molecular formula is C20H14N2. The number of hydrogen-bond acceptors (Lipinski definition) is 2. The molecule has 0 amide bonds. The quantitative estimate of drug-likeness (QED) is 0.365. The van der Waals surface area contributed by atoms with Gasteiger partial charge in [-0.2, -0.15) is 0 Å². The van der Waals surface area contributed by atoms with Crippen molar-refractivity contribution in [3.05, 3.63) is 59.1 Å². The highest BCUT2D eigenvalue weighted by molar-refractivity contribution is 6.07. The minimum atomic E-state index is 1.01. The molecule has 0 atom stereocenters. The lowest BCUT2D eigenvalue weighted by Crippen LogP contribution is -2.29. The summed E-state index contributed by atoms with van der Waals surface area (Å²) in [4.78, 5) is 9.55. The van der Waals surface area contributed by atoms with Crippen molar-refractivity contribution in [1.29, 1.82) is 0 Å². The van der Waals surface area contributed by atoms with Crippen LogP contribution in [0, 0.1) is 0 Å². The summed E-state index contributed by atoms with van der Waals surface area (Å²) in [7, 11) is 0. The van der Waals surface area contributed by atoms with E-state index in [2.05, 4.69) is 47.5 Å². The molecule has 22 heavy (non-hydrogen) atoms. The molecule has 2 heterocycles. The van der Waals surface area contributed by atoms with E-state index in [1.54, 1.807) is 0 Å². The van der Waals surface area contributed by atoms with Crippen LogP contribution >= 0.6 is 0 Å². The Labute approximate surface area is 127 Å². The van der Waals surface area contributed by atoms with Gasteiger partial charge < -0.3 is 0 Å². The molecule has 2 heteroatoms. The standard InChI is InChI=1S/C20H14N2/c1-4-10-18-13(6-1)12-17-15-8-3-2-7-14(15)16-9-5-11-21-19(16)20(17)22-18/h1,4-12H,2-3H2.